The number of carboxylic acid groups (broad SMARTS) is 1. The lowest BCUT2D eigenvalue weighted by Crippen LogP contribution is -2.27. The third-order valence-electron chi connectivity index (χ3n) is 2.49. The Kier molecular flexibility index (Phi) is 4.67. The van der Waals surface area contributed by atoms with Gasteiger partial charge in [-0.3, -0.25) is 4.79 Å². The molecule has 1 aromatic carbocycles. The standard InChI is InChI=1S/C14H19NO4/c1-14(2,3)13(18)15-11-6-9(8-19-4)5-10(7-11)12(16)17/h5-7H,8H2,1-4H3,(H,15,18)(H,16,17). The molecule has 2 N–H and O–H groups in total. The van der Waals surface area contributed by atoms with Crippen molar-refractivity contribution < 1.29 is 19.4 Å². The monoisotopic (exact) mass is 265 g/mol. The zero-order valence-electron chi connectivity index (χ0n) is 11.6. The Morgan fingerprint density at radius 2 is 1.89 bits per heavy atom. The van der Waals surface area contributed by atoms with Crippen molar-refractivity contribution in [3.63, 3.8) is 0 Å². The lowest BCUT2D eigenvalue weighted by Gasteiger charge is -2.18. The van der Waals surface area contributed by atoms with Gasteiger partial charge in [-0.1, -0.05) is 20.8 Å². The van der Waals surface area contributed by atoms with E-state index in [1.807, 2.05) is 0 Å². The molecule has 0 aromatic heterocycles. The first-order valence-electron chi connectivity index (χ1n) is 5.91. The van der Waals surface area contributed by atoms with Gasteiger partial charge in [-0.25, -0.2) is 4.79 Å². The molecule has 5 heteroatoms. The average Bonchev–Trinajstić information content (AvgIpc) is 2.27. The maximum absolute atomic E-state index is 11.9. The Morgan fingerprint density at radius 1 is 1.26 bits per heavy atom. The third-order valence-corrected chi connectivity index (χ3v) is 2.49. The molecule has 0 unspecified atom stereocenters. The number of carboxylic acids is 1. The SMILES string of the molecule is COCc1cc(NC(=O)C(C)(C)C)cc(C(=O)O)c1. The molecule has 0 bridgehead atoms. The summed E-state index contributed by atoms with van der Waals surface area (Å²) >= 11 is 0. The summed E-state index contributed by atoms with van der Waals surface area (Å²) in [5.74, 6) is -1.21. The van der Waals surface area contributed by atoms with Gasteiger partial charge in [0.05, 0.1) is 12.2 Å². The van der Waals surface area contributed by atoms with Crippen molar-refractivity contribution in [2.45, 2.75) is 27.4 Å². The lowest BCUT2D eigenvalue weighted by molar-refractivity contribution is -0.123. The third kappa shape index (κ3) is 4.37. The van der Waals surface area contributed by atoms with E-state index in [4.69, 9.17) is 9.84 Å². The number of benzene rings is 1. The van der Waals surface area contributed by atoms with Gasteiger partial charge < -0.3 is 15.2 Å². The Bertz CT molecular complexity index is 489. The van der Waals surface area contributed by atoms with Crippen molar-refractivity contribution in [2.75, 3.05) is 12.4 Å². The van der Waals surface area contributed by atoms with Crippen LogP contribution in [0.25, 0.3) is 0 Å². The summed E-state index contributed by atoms with van der Waals surface area (Å²) in [5.41, 5.74) is 0.748. The molecule has 19 heavy (non-hydrogen) atoms. The molecule has 0 spiro atoms. The molecular formula is C14H19NO4. The van der Waals surface area contributed by atoms with Gasteiger partial charge in [-0.05, 0) is 23.8 Å². The van der Waals surface area contributed by atoms with Crippen molar-refractivity contribution in [2.24, 2.45) is 5.41 Å². The molecule has 0 fully saturated rings. The predicted octanol–water partition coefficient (Wildman–Crippen LogP) is 2.52. The molecular weight excluding hydrogens is 246 g/mol. The van der Waals surface area contributed by atoms with Crippen LogP contribution in [0.1, 0.15) is 36.7 Å². The smallest absolute Gasteiger partial charge is 0.335 e. The molecule has 5 nitrogen and oxygen atoms in total. The Balaban J connectivity index is 3.06. The molecule has 0 saturated carbocycles. The number of aromatic carboxylic acids is 1. The van der Waals surface area contributed by atoms with Gasteiger partial charge in [0, 0.05) is 18.2 Å². The van der Waals surface area contributed by atoms with Crippen molar-refractivity contribution in [1.29, 1.82) is 0 Å². The molecule has 0 aliphatic heterocycles. The van der Waals surface area contributed by atoms with Gasteiger partial charge in [-0.15, -0.1) is 0 Å². The highest BCUT2D eigenvalue weighted by atomic mass is 16.5. The molecule has 1 aromatic rings. The Morgan fingerprint density at radius 3 is 2.37 bits per heavy atom. The first-order chi connectivity index (χ1) is 8.74. The summed E-state index contributed by atoms with van der Waals surface area (Å²) in [5, 5.41) is 11.8. The zero-order chi connectivity index (χ0) is 14.6. The summed E-state index contributed by atoms with van der Waals surface area (Å²) in [7, 11) is 1.53. The van der Waals surface area contributed by atoms with Crippen molar-refractivity contribution in [3.05, 3.63) is 29.3 Å². The highest BCUT2D eigenvalue weighted by molar-refractivity contribution is 5.96. The van der Waals surface area contributed by atoms with Crippen LogP contribution < -0.4 is 5.32 Å². The Labute approximate surface area is 112 Å². The van der Waals surface area contributed by atoms with E-state index in [9.17, 15) is 9.59 Å². The highest BCUT2D eigenvalue weighted by Crippen LogP contribution is 2.20. The number of methoxy groups -OCH3 is 1. The molecule has 1 rings (SSSR count). The van der Waals surface area contributed by atoms with Crippen LogP contribution in [0, 0.1) is 5.41 Å². The fraction of sp³-hybridized carbons (Fsp3) is 0.429. The number of hydrogen-bond donors (Lipinski definition) is 2. The summed E-state index contributed by atoms with van der Waals surface area (Å²) < 4.78 is 4.98. The average molecular weight is 265 g/mol. The number of carbonyl (C=O) groups is 2. The predicted molar refractivity (Wildman–Crippen MR) is 72.2 cm³/mol. The number of hydrogen-bond acceptors (Lipinski definition) is 3. The van der Waals surface area contributed by atoms with Gasteiger partial charge >= 0.3 is 5.97 Å². The van der Waals surface area contributed by atoms with E-state index in [1.165, 1.54) is 19.2 Å². The van der Waals surface area contributed by atoms with Crippen LogP contribution in [0.3, 0.4) is 0 Å². The molecule has 0 aliphatic carbocycles. The number of amides is 1. The number of rotatable bonds is 4. The molecule has 0 atom stereocenters. The van der Waals surface area contributed by atoms with E-state index in [2.05, 4.69) is 5.32 Å². The maximum atomic E-state index is 11.9. The van der Waals surface area contributed by atoms with E-state index in [1.54, 1.807) is 26.8 Å². The summed E-state index contributed by atoms with van der Waals surface area (Å²) in [6.45, 7) is 5.66. The summed E-state index contributed by atoms with van der Waals surface area (Å²) in [6, 6.07) is 4.67. The van der Waals surface area contributed by atoms with Crippen LogP contribution in [0.15, 0.2) is 18.2 Å². The van der Waals surface area contributed by atoms with Gasteiger partial charge in [0.1, 0.15) is 0 Å². The van der Waals surface area contributed by atoms with E-state index in [0.717, 1.165) is 0 Å². The second-order valence-corrected chi connectivity index (χ2v) is 5.36. The van der Waals surface area contributed by atoms with Crippen molar-refractivity contribution in [3.8, 4) is 0 Å². The van der Waals surface area contributed by atoms with Gasteiger partial charge in [0.25, 0.3) is 0 Å². The fourth-order valence-electron chi connectivity index (χ4n) is 1.46. The van der Waals surface area contributed by atoms with E-state index >= 15 is 0 Å². The second kappa shape index (κ2) is 5.84. The molecule has 1 amide bonds. The van der Waals surface area contributed by atoms with Crippen LogP contribution in [0.2, 0.25) is 0 Å². The molecule has 0 heterocycles. The minimum Gasteiger partial charge on any atom is -0.478 e. The number of ether oxygens (including phenoxy) is 1. The minimum absolute atomic E-state index is 0.124. The largest absolute Gasteiger partial charge is 0.478 e. The normalized spacial score (nSPS) is 11.2. The summed E-state index contributed by atoms with van der Waals surface area (Å²) in [6.07, 6.45) is 0. The first-order valence-corrected chi connectivity index (χ1v) is 5.91. The van der Waals surface area contributed by atoms with Crippen molar-refractivity contribution >= 4 is 17.6 Å². The summed E-state index contributed by atoms with van der Waals surface area (Å²) in [4.78, 5) is 22.9. The maximum Gasteiger partial charge on any atom is 0.335 e. The molecule has 104 valence electrons. The molecule has 0 aliphatic rings. The van der Waals surface area contributed by atoms with Gasteiger partial charge in [-0.2, -0.15) is 0 Å². The number of nitrogens with one attached hydrogen (secondary N) is 1. The number of carbonyl (C=O) groups excluding carboxylic acids is 1. The van der Waals surface area contributed by atoms with E-state index < -0.39 is 11.4 Å². The van der Waals surface area contributed by atoms with Crippen LogP contribution in [0.4, 0.5) is 5.69 Å². The fourth-order valence-corrected chi connectivity index (χ4v) is 1.46. The van der Waals surface area contributed by atoms with Crippen LogP contribution in [-0.4, -0.2) is 24.1 Å². The number of anilines is 1. The van der Waals surface area contributed by atoms with Gasteiger partial charge in [0.2, 0.25) is 5.91 Å². The zero-order valence-corrected chi connectivity index (χ0v) is 11.6. The van der Waals surface area contributed by atoms with Crippen LogP contribution in [-0.2, 0) is 16.1 Å². The lowest BCUT2D eigenvalue weighted by atomic mass is 9.95. The van der Waals surface area contributed by atoms with Gasteiger partial charge in [0.15, 0.2) is 0 Å². The van der Waals surface area contributed by atoms with E-state index in [-0.39, 0.29) is 11.5 Å². The molecule has 0 radical (unpaired) electrons. The van der Waals surface area contributed by atoms with Crippen LogP contribution in [0.5, 0.6) is 0 Å². The second-order valence-electron chi connectivity index (χ2n) is 5.36. The first kappa shape index (κ1) is 15.2. The van der Waals surface area contributed by atoms with Crippen molar-refractivity contribution in [1.82, 2.24) is 0 Å². The molecule has 0 saturated heterocycles. The quantitative estimate of drug-likeness (QED) is 0.877. The van der Waals surface area contributed by atoms with E-state index in [0.29, 0.717) is 17.9 Å². The topological polar surface area (TPSA) is 75.6 Å². The van der Waals surface area contributed by atoms with Crippen LogP contribution >= 0.6 is 0 Å². The highest BCUT2D eigenvalue weighted by Gasteiger charge is 2.21. The minimum atomic E-state index is -1.04. The Hall–Kier alpha value is -1.88.